The summed E-state index contributed by atoms with van der Waals surface area (Å²) in [4.78, 5) is 21.8. The van der Waals surface area contributed by atoms with Gasteiger partial charge in [-0.3, -0.25) is 4.90 Å². The quantitative estimate of drug-likeness (QED) is 0.708. The Morgan fingerprint density at radius 1 is 1.06 bits per heavy atom. The van der Waals surface area contributed by atoms with Crippen molar-refractivity contribution < 1.29 is 18.7 Å². The average molecular weight is 457 g/mol. The molecular formula is C25H36N4O4. The van der Waals surface area contributed by atoms with Crippen molar-refractivity contribution in [3.8, 4) is 0 Å². The van der Waals surface area contributed by atoms with E-state index in [0.717, 1.165) is 81.1 Å². The molecule has 1 saturated carbocycles. The fourth-order valence-corrected chi connectivity index (χ4v) is 5.42. The van der Waals surface area contributed by atoms with Gasteiger partial charge < -0.3 is 24.1 Å². The van der Waals surface area contributed by atoms with Crippen LogP contribution in [0.15, 0.2) is 29.0 Å². The van der Waals surface area contributed by atoms with Crippen LogP contribution in [-0.4, -0.2) is 74.1 Å². The van der Waals surface area contributed by atoms with Crippen LogP contribution in [-0.2, 0) is 9.47 Å². The molecule has 3 fully saturated rings. The number of anilines is 1. The van der Waals surface area contributed by atoms with Crippen molar-refractivity contribution in [2.75, 3.05) is 50.8 Å². The summed E-state index contributed by atoms with van der Waals surface area (Å²) in [6.45, 7) is 6.69. The lowest BCUT2D eigenvalue weighted by molar-refractivity contribution is 0.000274. The van der Waals surface area contributed by atoms with Crippen molar-refractivity contribution in [1.29, 1.82) is 0 Å². The van der Waals surface area contributed by atoms with E-state index in [0.29, 0.717) is 13.2 Å². The molecule has 0 unspecified atom stereocenters. The molecule has 4 heterocycles. The van der Waals surface area contributed by atoms with Gasteiger partial charge in [-0.15, -0.1) is 0 Å². The maximum atomic E-state index is 12.2. The summed E-state index contributed by atoms with van der Waals surface area (Å²) in [6, 6.07) is 4.20. The van der Waals surface area contributed by atoms with Crippen molar-refractivity contribution >= 4 is 22.9 Å². The number of amides is 1. The van der Waals surface area contributed by atoms with E-state index in [1.807, 2.05) is 18.3 Å². The van der Waals surface area contributed by atoms with Gasteiger partial charge in [0.2, 0.25) is 0 Å². The Balaban J connectivity index is 0.989. The van der Waals surface area contributed by atoms with Crippen LogP contribution in [0.1, 0.15) is 44.9 Å². The molecule has 2 aromatic rings. The van der Waals surface area contributed by atoms with Gasteiger partial charge in [0.05, 0.1) is 24.9 Å². The second-order valence-electron chi connectivity index (χ2n) is 9.66. The van der Waals surface area contributed by atoms with Gasteiger partial charge in [0.1, 0.15) is 17.5 Å². The number of nitrogens with one attached hydrogen (secondary N) is 1. The maximum absolute atomic E-state index is 12.2. The SMILES string of the molecule is O=C(NC1CCC(CCN2CCN(c3nccc4occc34)CC2)CC1)OC1CCOCC1. The van der Waals surface area contributed by atoms with Crippen LogP contribution in [0.5, 0.6) is 0 Å². The molecule has 1 N–H and O–H groups in total. The molecule has 8 nitrogen and oxygen atoms in total. The zero-order chi connectivity index (χ0) is 22.5. The molecule has 3 aliphatic rings. The summed E-state index contributed by atoms with van der Waals surface area (Å²) >= 11 is 0. The minimum absolute atomic E-state index is 0.0129. The average Bonchev–Trinajstić information content (AvgIpc) is 3.34. The molecular weight excluding hydrogens is 420 g/mol. The summed E-state index contributed by atoms with van der Waals surface area (Å²) in [5.74, 6) is 1.80. The van der Waals surface area contributed by atoms with E-state index >= 15 is 0 Å². The Morgan fingerprint density at radius 2 is 1.85 bits per heavy atom. The number of aromatic nitrogens is 1. The van der Waals surface area contributed by atoms with Gasteiger partial charge in [0.25, 0.3) is 0 Å². The van der Waals surface area contributed by atoms with Crippen LogP contribution in [0.4, 0.5) is 10.6 Å². The highest BCUT2D eigenvalue weighted by Gasteiger charge is 2.26. The summed E-state index contributed by atoms with van der Waals surface area (Å²) < 4.78 is 16.4. The molecule has 8 heteroatoms. The molecule has 180 valence electrons. The summed E-state index contributed by atoms with van der Waals surface area (Å²) in [7, 11) is 0. The van der Waals surface area contributed by atoms with E-state index in [2.05, 4.69) is 20.1 Å². The van der Waals surface area contributed by atoms with Crippen molar-refractivity contribution in [2.24, 2.45) is 5.92 Å². The number of hydrogen-bond acceptors (Lipinski definition) is 7. The normalized spacial score (nSPS) is 25.3. The smallest absolute Gasteiger partial charge is 0.407 e. The van der Waals surface area contributed by atoms with Crippen LogP contribution in [0, 0.1) is 5.92 Å². The van der Waals surface area contributed by atoms with Gasteiger partial charge in [0.15, 0.2) is 0 Å². The molecule has 0 radical (unpaired) electrons. The highest BCUT2D eigenvalue weighted by Crippen LogP contribution is 2.29. The predicted octanol–water partition coefficient (Wildman–Crippen LogP) is 3.80. The van der Waals surface area contributed by atoms with Crippen molar-refractivity contribution in [1.82, 2.24) is 15.2 Å². The monoisotopic (exact) mass is 456 g/mol. The van der Waals surface area contributed by atoms with E-state index in [4.69, 9.17) is 13.9 Å². The van der Waals surface area contributed by atoms with Gasteiger partial charge in [-0.1, -0.05) is 0 Å². The minimum Gasteiger partial charge on any atom is -0.464 e. The number of furan rings is 1. The second kappa shape index (κ2) is 10.7. The van der Waals surface area contributed by atoms with Crippen LogP contribution >= 0.6 is 0 Å². The molecule has 1 amide bonds. The van der Waals surface area contributed by atoms with Gasteiger partial charge >= 0.3 is 6.09 Å². The Morgan fingerprint density at radius 3 is 2.64 bits per heavy atom. The van der Waals surface area contributed by atoms with E-state index < -0.39 is 0 Å². The first-order valence-electron chi connectivity index (χ1n) is 12.6. The lowest BCUT2D eigenvalue weighted by Crippen LogP contribution is -2.47. The van der Waals surface area contributed by atoms with Gasteiger partial charge in [-0.05, 0) is 56.7 Å². The Hall–Kier alpha value is -2.32. The number of pyridine rings is 1. The lowest BCUT2D eigenvalue weighted by Gasteiger charge is -2.37. The molecule has 2 aliphatic heterocycles. The van der Waals surface area contributed by atoms with Gasteiger partial charge in [-0.25, -0.2) is 9.78 Å². The third kappa shape index (κ3) is 5.79. The van der Waals surface area contributed by atoms with E-state index in [9.17, 15) is 4.79 Å². The lowest BCUT2D eigenvalue weighted by atomic mass is 9.84. The highest BCUT2D eigenvalue weighted by molar-refractivity contribution is 5.88. The highest BCUT2D eigenvalue weighted by atomic mass is 16.6. The molecule has 33 heavy (non-hydrogen) atoms. The fourth-order valence-electron chi connectivity index (χ4n) is 5.42. The van der Waals surface area contributed by atoms with Crippen LogP contribution in [0.25, 0.3) is 11.0 Å². The number of fused-ring (bicyclic) bond motifs is 1. The number of alkyl carbamates (subject to hydrolysis) is 1. The third-order valence-electron chi connectivity index (χ3n) is 7.49. The topological polar surface area (TPSA) is 80.1 Å². The number of ether oxygens (including phenoxy) is 2. The number of piperazine rings is 1. The molecule has 0 bridgehead atoms. The molecule has 5 rings (SSSR count). The zero-order valence-corrected chi connectivity index (χ0v) is 19.4. The van der Waals surface area contributed by atoms with Crippen LogP contribution < -0.4 is 10.2 Å². The van der Waals surface area contributed by atoms with Gasteiger partial charge in [-0.2, -0.15) is 0 Å². The Kier molecular flexibility index (Phi) is 7.31. The van der Waals surface area contributed by atoms with E-state index in [-0.39, 0.29) is 18.2 Å². The predicted molar refractivity (Wildman–Crippen MR) is 126 cm³/mol. The third-order valence-corrected chi connectivity index (χ3v) is 7.49. The van der Waals surface area contributed by atoms with E-state index in [1.165, 1.54) is 19.3 Å². The molecule has 0 atom stereocenters. The number of rotatable bonds is 6. The number of nitrogens with zero attached hydrogens (tertiary/aromatic N) is 3. The van der Waals surface area contributed by atoms with Crippen molar-refractivity contribution in [3.63, 3.8) is 0 Å². The first-order valence-corrected chi connectivity index (χ1v) is 12.6. The number of hydrogen-bond donors (Lipinski definition) is 1. The number of carbonyl (C=O) groups is 1. The second-order valence-corrected chi connectivity index (χ2v) is 9.66. The first-order chi connectivity index (χ1) is 16.2. The number of carbonyl (C=O) groups excluding carboxylic acids is 1. The van der Waals surface area contributed by atoms with Crippen LogP contribution in [0.2, 0.25) is 0 Å². The van der Waals surface area contributed by atoms with Crippen molar-refractivity contribution in [3.05, 3.63) is 24.6 Å². The summed E-state index contributed by atoms with van der Waals surface area (Å²) in [5, 5.41) is 4.20. The largest absolute Gasteiger partial charge is 0.464 e. The zero-order valence-electron chi connectivity index (χ0n) is 19.4. The van der Waals surface area contributed by atoms with Crippen molar-refractivity contribution in [2.45, 2.75) is 57.1 Å². The van der Waals surface area contributed by atoms with E-state index in [1.54, 1.807) is 6.26 Å². The standard InChI is InChI=1S/C25H36N4O4/c30-25(33-21-7-16-31-17-8-21)27-20-3-1-19(2-4-20)6-11-28-12-14-29(15-13-28)24-22-9-18-32-23(22)5-10-26-24/h5,9-10,18-21H,1-4,6-8,11-17H2,(H,27,30). The molecule has 1 aliphatic carbocycles. The molecule has 0 spiro atoms. The van der Waals surface area contributed by atoms with Crippen LogP contribution in [0.3, 0.4) is 0 Å². The summed E-state index contributed by atoms with van der Waals surface area (Å²) in [5.41, 5.74) is 0.907. The molecule has 2 aromatic heterocycles. The summed E-state index contributed by atoms with van der Waals surface area (Å²) in [6.07, 6.45) is 10.7. The molecule has 0 aromatic carbocycles. The Labute approximate surface area is 195 Å². The maximum Gasteiger partial charge on any atom is 0.407 e. The van der Waals surface area contributed by atoms with Gasteiger partial charge in [0, 0.05) is 51.3 Å². The minimum atomic E-state index is -0.246. The Bertz CT molecular complexity index is 897. The molecule has 2 saturated heterocycles. The first kappa shape index (κ1) is 22.5. The fraction of sp³-hybridized carbons (Fsp3) is 0.680.